The summed E-state index contributed by atoms with van der Waals surface area (Å²) in [5.41, 5.74) is 2.06. The van der Waals surface area contributed by atoms with E-state index in [9.17, 15) is 14.4 Å². The Morgan fingerprint density at radius 1 is 0.941 bits per heavy atom. The lowest BCUT2D eigenvalue weighted by atomic mass is 10.0. The zero-order valence-corrected chi connectivity index (χ0v) is 19.6. The highest BCUT2D eigenvalue weighted by Crippen LogP contribution is 2.30. The molecule has 0 saturated carbocycles. The lowest BCUT2D eigenvalue weighted by Gasteiger charge is -2.21. The van der Waals surface area contributed by atoms with Crippen LogP contribution in [0.15, 0.2) is 45.6 Å². The Hall–Kier alpha value is -3.81. The lowest BCUT2D eigenvalue weighted by molar-refractivity contribution is -0.137. The van der Waals surface area contributed by atoms with Crippen molar-refractivity contribution in [1.29, 1.82) is 0 Å². The van der Waals surface area contributed by atoms with Gasteiger partial charge in [0.1, 0.15) is 28.9 Å². The predicted octanol–water partition coefficient (Wildman–Crippen LogP) is 3.66. The van der Waals surface area contributed by atoms with Crippen molar-refractivity contribution in [3.63, 3.8) is 0 Å². The van der Waals surface area contributed by atoms with E-state index in [1.807, 2.05) is 0 Å². The Morgan fingerprint density at radius 3 is 2.26 bits per heavy atom. The molecule has 1 amide bonds. The van der Waals surface area contributed by atoms with Crippen molar-refractivity contribution in [2.45, 2.75) is 39.2 Å². The summed E-state index contributed by atoms with van der Waals surface area (Å²) < 4.78 is 21.5. The van der Waals surface area contributed by atoms with Crippen molar-refractivity contribution >= 4 is 22.8 Å². The van der Waals surface area contributed by atoms with Gasteiger partial charge in [-0.2, -0.15) is 0 Å². The highest BCUT2D eigenvalue weighted by Gasteiger charge is 2.28. The van der Waals surface area contributed by atoms with E-state index >= 15 is 0 Å². The molecular formula is C26H27NO7. The molecule has 0 unspecified atom stereocenters. The van der Waals surface area contributed by atoms with E-state index < -0.39 is 17.9 Å². The number of aryl methyl sites for hydroxylation is 1. The molecule has 0 radical (unpaired) electrons. The van der Waals surface area contributed by atoms with Crippen molar-refractivity contribution in [3.05, 3.63) is 63.5 Å². The molecule has 3 aromatic rings. The maximum Gasteiger partial charge on any atom is 0.339 e. The molecule has 0 spiro atoms. The fourth-order valence-electron chi connectivity index (χ4n) is 4.17. The van der Waals surface area contributed by atoms with Gasteiger partial charge in [0.05, 0.1) is 14.2 Å². The number of hydrogen-bond acceptors (Lipinski definition) is 7. The molecule has 1 atom stereocenters. The first-order valence-electron chi connectivity index (χ1n) is 11.1. The molecular weight excluding hydrogens is 438 g/mol. The van der Waals surface area contributed by atoms with Crippen molar-refractivity contribution in [1.82, 2.24) is 5.32 Å². The molecule has 0 saturated heterocycles. The van der Waals surface area contributed by atoms with Crippen molar-refractivity contribution in [2.75, 3.05) is 14.2 Å². The van der Waals surface area contributed by atoms with E-state index in [-0.39, 0.29) is 22.9 Å². The normalized spacial score (nSPS) is 13.4. The van der Waals surface area contributed by atoms with Gasteiger partial charge >= 0.3 is 11.6 Å². The number of benzene rings is 2. The molecule has 1 N–H and O–H groups in total. The highest BCUT2D eigenvalue weighted by atomic mass is 16.5. The van der Waals surface area contributed by atoms with Crippen LogP contribution in [0.3, 0.4) is 0 Å². The smallest absolute Gasteiger partial charge is 0.339 e. The van der Waals surface area contributed by atoms with Crippen molar-refractivity contribution in [2.24, 2.45) is 5.92 Å². The Kier molecular flexibility index (Phi) is 6.58. The van der Waals surface area contributed by atoms with Crippen LogP contribution in [0, 0.1) is 5.92 Å². The standard InChI is InChI=1S/C26H27NO7/c1-14(2)23(27-24(28)15-10-17(31-3)12-18(11-15)32-4)26(30)33-16-8-9-20-19-6-5-7-21(19)25(29)34-22(20)13-16/h8-14,23H,5-7H2,1-4H3,(H,27,28)/t23-/m0/s1. The number of hydrogen-bond donors (Lipinski definition) is 1. The Labute approximate surface area is 196 Å². The molecule has 4 rings (SSSR count). The minimum Gasteiger partial charge on any atom is -0.497 e. The number of nitrogens with one attached hydrogen (secondary N) is 1. The van der Waals surface area contributed by atoms with Gasteiger partial charge in [0.15, 0.2) is 0 Å². The molecule has 0 aliphatic heterocycles. The first-order valence-corrected chi connectivity index (χ1v) is 11.1. The molecule has 178 valence electrons. The molecule has 1 aromatic heterocycles. The summed E-state index contributed by atoms with van der Waals surface area (Å²) in [4.78, 5) is 38.1. The van der Waals surface area contributed by atoms with Crippen LogP contribution in [0.25, 0.3) is 11.0 Å². The average molecular weight is 466 g/mol. The largest absolute Gasteiger partial charge is 0.497 e. The number of methoxy groups -OCH3 is 2. The van der Waals surface area contributed by atoms with Gasteiger partial charge in [-0.3, -0.25) is 4.79 Å². The number of fused-ring (bicyclic) bond motifs is 3. The van der Waals surface area contributed by atoms with E-state index in [1.54, 1.807) is 50.2 Å². The number of amides is 1. The van der Waals surface area contributed by atoms with E-state index in [4.69, 9.17) is 18.6 Å². The van der Waals surface area contributed by atoms with Gasteiger partial charge in [-0.05, 0) is 55.0 Å². The van der Waals surface area contributed by atoms with Gasteiger partial charge in [-0.15, -0.1) is 0 Å². The minimum atomic E-state index is -0.910. The van der Waals surface area contributed by atoms with Gasteiger partial charge in [0.2, 0.25) is 0 Å². The summed E-state index contributed by atoms with van der Waals surface area (Å²) in [7, 11) is 2.98. The first-order chi connectivity index (χ1) is 16.3. The van der Waals surface area contributed by atoms with Gasteiger partial charge < -0.3 is 23.9 Å². The monoisotopic (exact) mass is 465 g/mol. The van der Waals surface area contributed by atoms with Gasteiger partial charge in [-0.1, -0.05) is 13.8 Å². The minimum absolute atomic E-state index is 0.238. The second-order valence-electron chi connectivity index (χ2n) is 8.58. The van der Waals surface area contributed by atoms with Crippen LogP contribution in [-0.2, 0) is 17.6 Å². The molecule has 34 heavy (non-hydrogen) atoms. The SMILES string of the molecule is COc1cc(OC)cc(C(=O)N[C@H](C(=O)Oc2ccc3c4c(c(=O)oc3c2)CCC4)C(C)C)c1. The van der Waals surface area contributed by atoms with Gasteiger partial charge in [0.25, 0.3) is 5.91 Å². The maximum atomic E-state index is 13.0. The van der Waals surface area contributed by atoms with Gasteiger partial charge in [-0.25, -0.2) is 9.59 Å². The molecule has 8 nitrogen and oxygen atoms in total. The number of carbonyl (C=O) groups is 2. The summed E-state index contributed by atoms with van der Waals surface area (Å²) >= 11 is 0. The van der Waals surface area contributed by atoms with Crippen LogP contribution in [0.2, 0.25) is 0 Å². The molecule has 1 heterocycles. The summed E-state index contributed by atoms with van der Waals surface area (Å²) in [5, 5.41) is 3.59. The number of ether oxygens (including phenoxy) is 3. The lowest BCUT2D eigenvalue weighted by Crippen LogP contribution is -2.46. The third-order valence-electron chi connectivity index (χ3n) is 5.98. The Balaban J connectivity index is 1.55. The third kappa shape index (κ3) is 4.62. The topological polar surface area (TPSA) is 104 Å². The number of rotatable bonds is 7. The van der Waals surface area contributed by atoms with Crippen LogP contribution in [-0.4, -0.2) is 32.1 Å². The second-order valence-corrected chi connectivity index (χ2v) is 8.58. The quantitative estimate of drug-likeness (QED) is 0.323. The third-order valence-corrected chi connectivity index (χ3v) is 5.98. The first kappa shape index (κ1) is 23.4. The van der Waals surface area contributed by atoms with Crippen molar-refractivity contribution in [3.8, 4) is 17.2 Å². The molecule has 8 heteroatoms. The van der Waals surface area contributed by atoms with E-state index in [2.05, 4.69) is 5.32 Å². The van der Waals surface area contributed by atoms with E-state index in [0.29, 0.717) is 17.1 Å². The second kappa shape index (κ2) is 9.59. The van der Waals surface area contributed by atoms with Gasteiger partial charge in [0, 0.05) is 28.6 Å². The molecule has 1 aliphatic rings. The summed E-state index contributed by atoms with van der Waals surface area (Å²) in [6, 6.07) is 8.88. The fourth-order valence-corrected chi connectivity index (χ4v) is 4.17. The molecule has 1 aliphatic carbocycles. The Morgan fingerprint density at radius 2 is 1.62 bits per heavy atom. The van der Waals surface area contributed by atoms with Crippen LogP contribution in [0.4, 0.5) is 0 Å². The zero-order chi connectivity index (χ0) is 24.4. The highest BCUT2D eigenvalue weighted by molar-refractivity contribution is 5.98. The number of esters is 1. The zero-order valence-electron chi connectivity index (χ0n) is 19.6. The summed E-state index contributed by atoms with van der Waals surface area (Å²) in [5.74, 6) is -0.184. The maximum absolute atomic E-state index is 13.0. The molecule has 0 bridgehead atoms. The summed E-state index contributed by atoms with van der Waals surface area (Å²) in [6.07, 6.45) is 2.47. The van der Waals surface area contributed by atoms with E-state index in [1.165, 1.54) is 14.2 Å². The fraction of sp³-hybridized carbons (Fsp3) is 0.346. The van der Waals surface area contributed by atoms with Crippen LogP contribution >= 0.6 is 0 Å². The van der Waals surface area contributed by atoms with Crippen LogP contribution in [0.1, 0.15) is 41.8 Å². The van der Waals surface area contributed by atoms with Crippen LogP contribution in [0.5, 0.6) is 17.2 Å². The molecule has 2 aromatic carbocycles. The summed E-state index contributed by atoms with van der Waals surface area (Å²) in [6.45, 7) is 3.61. The number of carbonyl (C=O) groups excluding carboxylic acids is 2. The van der Waals surface area contributed by atoms with E-state index in [0.717, 1.165) is 35.8 Å². The van der Waals surface area contributed by atoms with Crippen molar-refractivity contribution < 1.29 is 28.2 Å². The molecule has 0 fully saturated rings. The average Bonchev–Trinajstić information content (AvgIpc) is 3.32. The predicted molar refractivity (Wildman–Crippen MR) is 126 cm³/mol. The van der Waals surface area contributed by atoms with Crippen LogP contribution < -0.4 is 25.2 Å². The Bertz CT molecular complexity index is 1290.